The summed E-state index contributed by atoms with van der Waals surface area (Å²) in [5.74, 6) is -4.42. The summed E-state index contributed by atoms with van der Waals surface area (Å²) in [6.45, 7) is 7.00. The van der Waals surface area contributed by atoms with Crippen LogP contribution in [0.2, 0.25) is 0 Å². The molecule has 0 aromatic heterocycles. The van der Waals surface area contributed by atoms with Gasteiger partial charge in [0.2, 0.25) is 17.7 Å². The molecule has 0 bridgehead atoms. The molecule has 0 saturated carbocycles. The average molecular weight is 436 g/mol. The topological polar surface area (TPSA) is 145 Å². The van der Waals surface area contributed by atoms with Gasteiger partial charge in [-0.1, -0.05) is 64.4 Å². The van der Waals surface area contributed by atoms with E-state index in [0.29, 0.717) is 6.42 Å². The summed E-state index contributed by atoms with van der Waals surface area (Å²) in [6, 6.07) is 7.03. The molecule has 0 radical (unpaired) electrons. The molecular weight excluding hydrogens is 402 g/mol. The van der Waals surface area contributed by atoms with Crippen molar-refractivity contribution in [2.45, 2.75) is 59.0 Å². The van der Waals surface area contributed by atoms with E-state index in [1.54, 1.807) is 20.8 Å². The number of amides is 3. The smallest absolute Gasteiger partial charge is 0.326 e. The van der Waals surface area contributed by atoms with Gasteiger partial charge in [-0.2, -0.15) is 0 Å². The Morgan fingerprint density at radius 1 is 0.935 bits per heavy atom. The van der Waals surface area contributed by atoms with Gasteiger partial charge < -0.3 is 15.7 Å². The van der Waals surface area contributed by atoms with E-state index in [9.17, 15) is 24.3 Å². The molecule has 31 heavy (non-hydrogen) atoms. The van der Waals surface area contributed by atoms with Crippen molar-refractivity contribution in [1.29, 1.82) is 0 Å². The summed E-state index contributed by atoms with van der Waals surface area (Å²) in [6.07, 6.45) is 0.534. The Labute approximate surface area is 182 Å². The van der Waals surface area contributed by atoms with E-state index in [0.717, 1.165) is 5.56 Å². The van der Waals surface area contributed by atoms with Crippen LogP contribution < -0.4 is 16.1 Å². The lowest BCUT2D eigenvalue weighted by atomic mass is 9.92. The van der Waals surface area contributed by atoms with E-state index in [1.165, 1.54) is 5.48 Å². The number of aliphatic carboxylic acids is 1. The molecule has 1 aromatic rings. The third-order valence-electron chi connectivity index (χ3n) is 5.28. The summed E-state index contributed by atoms with van der Waals surface area (Å²) in [5.41, 5.74) is 2.36. The Morgan fingerprint density at radius 3 is 2.00 bits per heavy atom. The van der Waals surface area contributed by atoms with Crippen LogP contribution in [0.1, 0.15) is 46.1 Å². The third kappa shape index (κ3) is 8.37. The highest BCUT2D eigenvalue weighted by atomic mass is 16.5. The van der Waals surface area contributed by atoms with Crippen molar-refractivity contribution in [3.05, 3.63) is 35.9 Å². The number of hydroxylamine groups is 1. The molecule has 0 heterocycles. The summed E-state index contributed by atoms with van der Waals surface area (Å²) in [4.78, 5) is 49.1. The molecule has 9 heteroatoms. The minimum atomic E-state index is -1.15. The predicted octanol–water partition coefficient (Wildman–Crippen LogP) is 1.50. The van der Waals surface area contributed by atoms with E-state index < -0.39 is 41.7 Å². The lowest BCUT2D eigenvalue weighted by Gasteiger charge is -2.28. The lowest BCUT2D eigenvalue weighted by Crippen LogP contribution is -2.56. The third-order valence-corrected chi connectivity index (χ3v) is 5.28. The van der Waals surface area contributed by atoms with E-state index in [-0.39, 0.29) is 24.7 Å². The molecule has 3 amide bonds. The number of nitrogens with one attached hydrogen (secondary N) is 3. The van der Waals surface area contributed by atoms with E-state index in [2.05, 4.69) is 10.6 Å². The molecule has 4 atom stereocenters. The summed E-state index contributed by atoms with van der Waals surface area (Å²) < 4.78 is 0. The van der Waals surface area contributed by atoms with E-state index >= 15 is 0 Å². The zero-order chi connectivity index (χ0) is 23.6. The molecule has 0 aliphatic heterocycles. The number of carbonyl (C=O) groups excluding carboxylic acids is 3. The van der Waals surface area contributed by atoms with Crippen LogP contribution in [0.5, 0.6) is 0 Å². The van der Waals surface area contributed by atoms with Gasteiger partial charge in [-0.05, 0) is 23.8 Å². The fourth-order valence-corrected chi connectivity index (χ4v) is 3.16. The average Bonchev–Trinajstić information content (AvgIpc) is 2.74. The van der Waals surface area contributed by atoms with E-state index in [4.69, 9.17) is 5.21 Å². The maximum atomic E-state index is 13.0. The Hall–Kier alpha value is -2.94. The highest BCUT2D eigenvalue weighted by molar-refractivity contribution is 5.92. The van der Waals surface area contributed by atoms with Gasteiger partial charge >= 0.3 is 5.97 Å². The molecule has 1 aromatic carbocycles. The van der Waals surface area contributed by atoms with Crippen LogP contribution >= 0.6 is 0 Å². The number of benzene rings is 1. The standard InChI is InChI=1S/C22H33N3O6/c1-5-14(4)19(21(28)23-18(13(2)3)22(29)30)24-20(27)16(12-17(26)25-31)11-15-9-7-6-8-10-15/h6-10,13-14,16,18-19,31H,5,11-12H2,1-4H3,(H,23,28)(H,24,27)(H,25,26)(H,29,30)/t14?,16-,18?,19?/m1/s1. The molecular formula is C22H33N3O6. The van der Waals surface area contributed by atoms with Gasteiger partial charge in [0, 0.05) is 6.42 Å². The second kappa shape index (κ2) is 12.7. The van der Waals surface area contributed by atoms with Crippen molar-refractivity contribution in [3.63, 3.8) is 0 Å². The highest BCUT2D eigenvalue weighted by Crippen LogP contribution is 2.16. The quantitative estimate of drug-likeness (QED) is 0.248. The first-order chi connectivity index (χ1) is 14.6. The van der Waals surface area contributed by atoms with Crippen molar-refractivity contribution in [3.8, 4) is 0 Å². The molecule has 3 unspecified atom stereocenters. The Balaban J connectivity index is 3.05. The predicted molar refractivity (Wildman–Crippen MR) is 114 cm³/mol. The number of hydrogen-bond donors (Lipinski definition) is 5. The first-order valence-corrected chi connectivity index (χ1v) is 10.4. The van der Waals surface area contributed by atoms with Crippen molar-refractivity contribution >= 4 is 23.7 Å². The normalized spacial score (nSPS) is 14.8. The van der Waals surface area contributed by atoms with Crippen LogP contribution in [0.4, 0.5) is 0 Å². The molecule has 0 spiro atoms. The van der Waals surface area contributed by atoms with Gasteiger partial charge in [-0.3, -0.25) is 19.6 Å². The maximum Gasteiger partial charge on any atom is 0.326 e. The van der Waals surface area contributed by atoms with Gasteiger partial charge in [0.1, 0.15) is 12.1 Å². The molecule has 0 aliphatic rings. The first kappa shape index (κ1) is 26.1. The van der Waals surface area contributed by atoms with Gasteiger partial charge in [0.05, 0.1) is 5.92 Å². The van der Waals surface area contributed by atoms with Gasteiger partial charge in [0.25, 0.3) is 0 Å². The minimum Gasteiger partial charge on any atom is -0.480 e. The zero-order valence-electron chi connectivity index (χ0n) is 18.4. The molecule has 172 valence electrons. The molecule has 0 fully saturated rings. The Bertz CT molecular complexity index is 753. The van der Waals surface area contributed by atoms with E-state index in [1.807, 2.05) is 37.3 Å². The molecule has 9 nitrogen and oxygen atoms in total. The van der Waals surface area contributed by atoms with Crippen LogP contribution in [0.25, 0.3) is 0 Å². The number of rotatable bonds is 12. The first-order valence-electron chi connectivity index (χ1n) is 10.4. The summed E-state index contributed by atoms with van der Waals surface area (Å²) in [7, 11) is 0. The minimum absolute atomic E-state index is 0.235. The summed E-state index contributed by atoms with van der Waals surface area (Å²) in [5, 5.41) is 23.4. The van der Waals surface area contributed by atoms with Crippen molar-refractivity contribution < 1.29 is 29.5 Å². The van der Waals surface area contributed by atoms with Crippen molar-refractivity contribution in [1.82, 2.24) is 16.1 Å². The van der Waals surface area contributed by atoms with Crippen LogP contribution in [0.3, 0.4) is 0 Å². The van der Waals surface area contributed by atoms with Crippen molar-refractivity contribution in [2.24, 2.45) is 17.8 Å². The second-order valence-corrected chi connectivity index (χ2v) is 8.07. The van der Waals surface area contributed by atoms with Gasteiger partial charge in [-0.15, -0.1) is 0 Å². The largest absolute Gasteiger partial charge is 0.480 e. The SMILES string of the molecule is CCC(C)C(NC(=O)[C@@H](CC(=O)NO)Cc1ccccc1)C(=O)NC(C(=O)O)C(C)C. The molecule has 1 rings (SSSR count). The zero-order valence-corrected chi connectivity index (χ0v) is 18.4. The fourth-order valence-electron chi connectivity index (χ4n) is 3.16. The fraction of sp³-hybridized carbons (Fsp3) is 0.545. The number of carboxylic acid groups (broad SMARTS) is 1. The van der Waals surface area contributed by atoms with Gasteiger partial charge in [0.15, 0.2) is 0 Å². The number of carbonyl (C=O) groups is 4. The summed E-state index contributed by atoms with van der Waals surface area (Å²) >= 11 is 0. The monoisotopic (exact) mass is 435 g/mol. The Kier molecular flexibility index (Phi) is 10.7. The molecule has 0 aliphatic carbocycles. The number of carboxylic acids is 1. The van der Waals surface area contributed by atoms with Crippen LogP contribution in [-0.2, 0) is 25.6 Å². The van der Waals surface area contributed by atoms with Crippen LogP contribution in [0.15, 0.2) is 30.3 Å². The van der Waals surface area contributed by atoms with Crippen LogP contribution in [0, 0.1) is 17.8 Å². The van der Waals surface area contributed by atoms with Crippen molar-refractivity contribution in [2.75, 3.05) is 0 Å². The highest BCUT2D eigenvalue weighted by Gasteiger charge is 2.33. The maximum absolute atomic E-state index is 13.0. The van der Waals surface area contributed by atoms with Crippen LogP contribution in [-0.4, -0.2) is 46.1 Å². The Morgan fingerprint density at radius 2 is 1.52 bits per heavy atom. The van der Waals surface area contributed by atoms with Gasteiger partial charge in [-0.25, -0.2) is 10.3 Å². The molecule has 5 N–H and O–H groups in total. The lowest BCUT2D eigenvalue weighted by molar-refractivity contribution is -0.144. The number of hydrogen-bond acceptors (Lipinski definition) is 5. The second-order valence-electron chi connectivity index (χ2n) is 8.07. The molecule has 0 saturated heterocycles.